The molecule has 1 aliphatic carbocycles. The van der Waals surface area contributed by atoms with Crippen molar-refractivity contribution < 1.29 is 0 Å². The van der Waals surface area contributed by atoms with Crippen LogP contribution in [-0.2, 0) is 0 Å². The number of nitrogens with one attached hydrogen (secondary N) is 1. The Morgan fingerprint density at radius 2 is 1.80 bits per heavy atom. The third kappa shape index (κ3) is 2.60. The van der Waals surface area contributed by atoms with Crippen molar-refractivity contribution >= 4 is 0 Å². The van der Waals surface area contributed by atoms with Crippen LogP contribution in [0.2, 0.25) is 0 Å². The normalized spacial score (nSPS) is 20.7. The van der Waals surface area contributed by atoms with E-state index in [4.69, 9.17) is 0 Å². The lowest BCUT2D eigenvalue weighted by atomic mass is 9.80. The molecule has 0 saturated heterocycles. The van der Waals surface area contributed by atoms with Crippen LogP contribution in [0.4, 0.5) is 0 Å². The highest BCUT2D eigenvalue weighted by atomic mass is 14.9. The predicted molar refractivity (Wildman–Crippen MR) is 64.8 cm³/mol. The van der Waals surface area contributed by atoms with Crippen LogP contribution >= 0.6 is 0 Å². The van der Waals surface area contributed by atoms with Gasteiger partial charge in [-0.05, 0) is 38.2 Å². The first-order chi connectivity index (χ1) is 7.27. The highest BCUT2D eigenvalue weighted by molar-refractivity contribution is 5.18. The summed E-state index contributed by atoms with van der Waals surface area (Å²) in [6.07, 6.45) is 4.25. The van der Waals surface area contributed by atoms with Gasteiger partial charge in [0.1, 0.15) is 0 Å². The smallest absolute Gasteiger partial charge is 0.0294 e. The summed E-state index contributed by atoms with van der Waals surface area (Å²) in [7, 11) is 0. The standard InChI is InChI=1S/C14H21N/c1-11(13-7-4-3-5-8-13)15-12(2)14-9-6-10-14/h3-5,7-8,11-12,14-15H,6,9-10H2,1-2H3. The molecule has 2 unspecified atom stereocenters. The Morgan fingerprint density at radius 3 is 2.33 bits per heavy atom. The summed E-state index contributed by atoms with van der Waals surface area (Å²) in [5.41, 5.74) is 1.39. The van der Waals surface area contributed by atoms with Gasteiger partial charge in [-0.15, -0.1) is 0 Å². The maximum absolute atomic E-state index is 3.70. The molecule has 0 amide bonds. The molecule has 0 radical (unpaired) electrons. The minimum Gasteiger partial charge on any atom is -0.307 e. The fourth-order valence-electron chi connectivity index (χ4n) is 2.31. The van der Waals surface area contributed by atoms with Gasteiger partial charge in [0.25, 0.3) is 0 Å². The Balaban J connectivity index is 1.88. The van der Waals surface area contributed by atoms with Gasteiger partial charge < -0.3 is 5.32 Å². The molecule has 1 aromatic rings. The lowest BCUT2D eigenvalue weighted by molar-refractivity contribution is 0.230. The average Bonchev–Trinajstić information content (AvgIpc) is 2.16. The van der Waals surface area contributed by atoms with Crippen LogP contribution in [0.25, 0.3) is 0 Å². The van der Waals surface area contributed by atoms with Gasteiger partial charge in [-0.1, -0.05) is 36.8 Å². The molecule has 0 bridgehead atoms. The van der Waals surface area contributed by atoms with E-state index in [1.807, 2.05) is 0 Å². The maximum atomic E-state index is 3.70. The van der Waals surface area contributed by atoms with E-state index in [0.717, 1.165) is 5.92 Å². The molecule has 0 spiro atoms. The number of hydrogen-bond acceptors (Lipinski definition) is 1. The first-order valence-electron chi connectivity index (χ1n) is 6.08. The molecule has 1 nitrogen and oxygen atoms in total. The quantitative estimate of drug-likeness (QED) is 0.789. The van der Waals surface area contributed by atoms with Crippen molar-refractivity contribution in [3.8, 4) is 0 Å². The van der Waals surface area contributed by atoms with Crippen molar-refractivity contribution in [2.24, 2.45) is 5.92 Å². The van der Waals surface area contributed by atoms with E-state index < -0.39 is 0 Å². The van der Waals surface area contributed by atoms with Crippen LogP contribution in [-0.4, -0.2) is 6.04 Å². The third-order valence-electron chi connectivity index (χ3n) is 3.67. The molecule has 0 aromatic heterocycles. The SMILES string of the molecule is CC(NC(C)C1CCC1)c1ccccc1. The lowest BCUT2D eigenvalue weighted by Gasteiger charge is -2.34. The molecule has 15 heavy (non-hydrogen) atoms. The number of rotatable bonds is 4. The molecule has 1 fully saturated rings. The van der Waals surface area contributed by atoms with Gasteiger partial charge in [0.15, 0.2) is 0 Å². The summed E-state index contributed by atoms with van der Waals surface area (Å²) < 4.78 is 0. The Hall–Kier alpha value is -0.820. The summed E-state index contributed by atoms with van der Waals surface area (Å²) >= 11 is 0. The van der Waals surface area contributed by atoms with Crippen molar-refractivity contribution in [2.75, 3.05) is 0 Å². The first kappa shape index (κ1) is 10.7. The fourth-order valence-corrected chi connectivity index (χ4v) is 2.31. The highest BCUT2D eigenvalue weighted by Gasteiger charge is 2.24. The Labute approximate surface area is 92.9 Å². The molecule has 1 saturated carbocycles. The van der Waals surface area contributed by atoms with Crippen molar-refractivity contribution in [1.82, 2.24) is 5.32 Å². The summed E-state index contributed by atoms with van der Waals surface area (Å²) in [5.74, 6) is 0.913. The molecule has 1 heteroatoms. The minimum absolute atomic E-state index is 0.474. The molecule has 1 N–H and O–H groups in total. The van der Waals surface area contributed by atoms with E-state index >= 15 is 0 Å². The van der Waals surface area contributed by atoms with Crippen LogP contribution in [0, 0.1) is 5.92 Å². The van der Waals surface area contributed by atoms with Gasteiger partial charge in [0, 0.05) is 12.1 Å². The monoisotopic (exact) mass is 203 g/mol. The molecule has 2 rings (SSSR count). The molecule has 82 valence electrons. The summed E-state index contributed by atoms with van der Waals surface area (Å²) in [6, 6.07) is 11.8. The van der Waals surface area contributed by atoms with E-state index in [0.29, 0.717) is 12.1 Å². The molecule has 2 atom stereocenters. The van der Waals surface area contributed by atoms with Gasteiger partial charge in [0.2, 0.25) is 0 Å². The molecule has 1 aliphatic rings. The fraction of sp³-hybridized carbons (Fsp3) is 0.571. The number of hydrogen-bond donors (Lipinski definition) is 1. The first-order valence-corrected chi connectivity index (χ1v) is 6.08. The van der Waals surface area contributed by atoms with Crippen LogP contribution in [0.15, 0.2) is 30.3 Å². The van der Waals surface area contributed by atoms with Crippen molar-refractivity contribution in [2.45, 2.75) is 45.2 Å². The third-order valence-corrected chi connectivity index (χ3v) is 3.67. The van der Waals surface area contributed by atoms with Gasteiger partial charge in [-0.3, -0.25) is 0 Å². The molecule has 0 aliphatic heterocycles. The summed E-state index contributed by atoms with van der Waals surface area (Å²) in [5, 5.41) is 3.70. The van der Waals surface area contributed by atoms with Gasteiger partial charge >= 0.3 is 0 Å². The molecule has 1 aromatic carbocycles. The van der Waals surface area contributed by atoms with Crippen LogP contribution < -0.4 is 5.32 Å². The topological polar surface area (TPSA) is 12.0 Å². The molecule has 0 heterocycles. The van der Waals surface area contributed by atoms with Gasteiger partial charge in [0.05, 0.1) is 0 Å². The van der Waals surface area contributed by atoms with E-state index in [1.165, 1.54) is 24.8 Å². The maximum Gasteiger partial charge on any atom is 0.0294 e. The highest BCUT2D eigenvalue weighted by Crippen LogP contribution is 2.30. The van der Waals surface area contributed by atoms with E-state index in [-0.39, 0.29) is 0 Å². The number of benzene rings is 1. The minimum atomic E-state index is 0.474. The van der Waals surface area contributed by atoms with Crippen LogP contribution in [0.3, 0.4) is 0 Å². The molecular weight excluding hydrogens is 182 g/mol. The van der Waals surface area contributed by atoms with E-state index in [1.54, 1.807) is 0 Å². The second-order valence-electron chi connectivity index (χ2n) is 4.78. The summed E-state index contributed by atoms with van der Waals surface area (Å²) in [4.78, 5) is 0. The average molecular weight is 203 g/mol. The second kappa shape index (κ2) is 4.80. The Bertz CT molecular complexity index is 289. The zero-order chi connectivity index (χ0) is 10.7. The van der Waals surface area contributed by atoms with Crippen molar-refractivity contribution in [3.63, 3.8) is 0 Å². The second-order valence-corrected chi connectivity index (χ2v) is 4.78. The lowest BCUT2D eigenvalue weighted by Crippen LogP contribution is -2.38. The van der Waals surface area contributed by atoms with E-state index in [2.05, 4.69) is 49.5 Å². The van der Waals surface area contributed by atoms with Crippen molar-refractivity contribution in [3.05, 3.63) is 35.9 Å². The Morgan fingerprint density at radius 1 is 1.13 bits per heavy atom. The van der Waals surface area contributed by atoms with E-state index in [9.17, 15) is 0 Å². The zero-order valence-electron chi connectivity index (χ0n) is 9.74. The van der Waals surface area contributed by atoms with Crippen LogP contribution in [0.1, 0.15) is 44.7 Å². The van der Waals surface area contributed by atoms with Gasteiger partial charge in [-0.25, -0.2) is 0 Å². The Kier molecular flexibility index (Phi) is 3.42. The predicted octanol–water partition coefficient (Wildman–Crippen LogP) is 3.53. The largest absolute Gasteiger partial charge is 0.307 e. The van der Waals surface area contributed by atoms with Gasteiger partial charge in [-0.2, -0.15) is 0 Å². The van der Waals surface area contributed by atoms with Crippen LogP contribution in [0.5, 0.6) is 0 Å². The van der Waals surface area contributed by atoms with Crippen molar-refractivity contribution in [1.29, 1.82) is 0 Å². The molecular formula is C14H21N. The summed E-state index contributed by atoms with van der Waals surface area (Å²) in [6.45, 7) is 4.58. The zero-order valence-corrected chi connectivity index (χ0v) is 9.74.